The lowest BCUT2D eigenvalue weighted by molar-refractivity contribution is 0.0951. The highest BCUT2D eigenvalue weighted by atomic mass is 16.2. The summed E-state index contributed by atoms with van der Waals surface area (Å²) < 4.78 is 0. The van der Waals surface area contributed by atoms with Gasteiger partial charge in [-0.05, 0) is 49.4 Å². The number of nitrogens with one attached hydrogen (secondary N) is 2. The van der Waals surface area contributed by atoms with Crippen LogP contribution in [-0.4, -0.2) is 56.1 Å². The zero-order valence-electron chi connectivity index (χ0n) is 15.9. The zero-order valence-corrected chi connectivity index (χ0v) is 15.9. The molecule has 3 rings (SSSR count). The number of primary amides is 1. The molecule has 2 aromatic rings. The normalized spacial score (nSPS) is 14.5. The number of hydrogen-bond acceptors (Lipinski definition) is 4. The monoisotopic (exact) mass is 381 g/mol. The van der Waals surface area contributed by atoms with Crippen LogP contribution in [0.2, 0.25) is 0 Å². The molecule has 148 valence electrons. The van der Waals surface area contributed by atoms with Gasteiger partial charge in [0.05, 0.1) is 0 Å². The number of urea groups is 1. The Balaban J connectivity index is 1.33. The quantitative estimate of drug-likeness (QED) is 0.641. The number of carbonyl (C=O) groups is 2. The van der Waals surface area contributed by atoms with Crippen molar-refractivity contribution < 1.29 is 9.59 Å². The van der Waals surface area contributed by atoms with E-state index < -0.39 is 6.03 Å². The van der Waals surface area contributed by atoms with Crippen molar-refractivity contribution in [1.29, 1.82) is 0 Å². The van der Waals surface area contributed by atoms with Crippen molar-refractivity contribution in [2.75, 3.05) is 49.5 Å². The molecule has 28 heavy (non-hydrogen) atoms. The van der Waals surface area contributed by atoms with Crippen molar-refractivity contribution in [3.05, 3.63) is 60.2 Å². The van der Waals surface area contributed by atoms with Gasteiger partial charge in [0.15, 0.2) is 0 Å². The molecule has 0 saturated carbocycles. The van der Waals surface area contributed by atoms with E-state index in [1.54, 1.807) is 24.3 Å². The number of rotatable bonds is 7. The Morgan fingerprint density at radius 1 is 0.929 bits per heavy atom. The number of nitrogens with two attached hydrogens (primary N) is 1. The van der Waals surface area contributed by atoms with Gasteiger partial charge in [-0.1, -0.05) is 18.2 Å². The SMILES string of the molecule is NC(=O)Nc1ccc(C(=O)NCCCN2CCN(c3ccccc3)CC2)cc1. The number of anilines is 2. The number of hydrogen-bond donors (Lipinski definition) is 3. The van der Waals surface area contributed by atoms with E-state index >= 15 is 0 Å². The van der Waals surface area contributed by atoms with Crippen molar-refractivity contribution >= 4 is 23.3 Å². The molecular weight excluding hydrogens is 354 g/mol. The summed E-state index contributed by atoms with van der Waals surface area (Å²) >= 11 is 0. The minimum atomic E-state index is -0.623. The molecule has 7 nitrogen and oxygen atoms in total. The maximum Gasteiger partial charge on any atom is 0.316 e. The first-order valence-electron chi connectivity index (χ1n) is 9.59. The van der Waals surface area contributed by atoms with Crippen LogP contribution in [0.25, 0.3) is 0 Å². The molecule has 1 fully saturated rings. The van der Waals surface area contributed by atoms with E-state index in [0.29, 0.717) is 17.8 Å². The molecule has 0 aliphatic carbocycles. The van der Waals surface area contributed by atoms with E-state index in [0.717, 1.165) is 39.1 Å². The summed E-state index contributed by atoms with van der Waals surface area (Å²) in [5.74, 6) is -0.112. The first-order chi connectivity index (χ1) is 13.6. The Bertz CT molecular complexity index is 771. The molecule has 0 aromatic heterocycles. The van der Waals surface area contributed by atoms with Crippen molar-refractivity contribution in [3.8, 4) is 0 Å². The second-order valence-corrected chi connectivity index (χ2v) is 6.84. The number of nitrogens with zero attached hydrogens (tertiary/aromatic N) is 2. The van der Waals surface area contributed by atoms with Gasteiger partial charge in [-0.25, -0.2) is 4.79 Å². The smallest absolute Gasteiger partial charge is 0.316 e. The lowest BCUT2D eigenvalue weighted by Gasteiger charge is -2.36. The predicted octanol–water partition coefficient (Wildman–Crippen LogP) is 2.12. The average Bonchev–Trinajstić information content (AvgIpc) is 2.72. The van der Waals surface area contributed by atoms with E-state index in [2.05, 4.69) is 44.7 Å². The molecule has 2 aromatic carbocycles. The Labute approximate surface area is 165 Å². The fraction of sp³-hybridized carbons (Fsp3) is 0.333. The van der Waals surface area contributed by atoms with E-state index in [9.17, 15) is 9.59 Å². The maximum atomic E-state index is 12.2. The standard InChI is InChI=1S/C21H27N5O2/c22-21(28)24-18-9-7-17(8-10-18)20(27)23-11-4-12-25-13-15-26(16-14-25)19-5-2-1-3-6-19/h1-3,5-10H,4,11-16H2,(H,23,27)(H3,22,24,28). The summed E-state index contributed by atoms with van der Waals surface area (Å²) in [4.78, 5) is 27.8. The second kappa shape index (κ2) is 9.75. The lowest BCUT2D eigenvalue weighted by Crippen LogP contribution is -2.47. The van der Waals surface area contributed by atoms with Crippen LogP contribution in [0.1, 0.15) is 16.8 Å². The molecule has 1 heterocycles. The third kappa shape index (κ3) is 5.72. The Morgan fingerprint density at radius 2 is 1.61 bits per heavy atom. The number of amides is 3. The van der Waals surface area contributed by atoms with Crippen LogP contribution >= 0.6 is 0 Å². The fourth-order valence-electron chi connectivity index (χ4n) is 3.32. The number of benzene rings is 2. The third-order valence-corrected chi connectivity index (χ3v) is 4.84. The average molecular weight is 381 g/mol. The van der Waals surface area contributed by atoms with E-state index in [1.807, 2.05) is 6.07 Å². The third-order valence-electron chi connectivity index (χ3n) is 4.84. The van der Waals surface area contributed by atoms with Gasteiger partial charge in [-0.3, -0.25) is 9.69 Å². The van der Waals surface area contributed by atoms with Gasteiger partial charge < -0.3 is 21.3 Å². The molecule has 0 unspecified atom stereocenters. The highest BCUT2D eigenvalue weighted by Crippen LogP contribution is 2.15. The van der Waals surface area contributed by atoms with Crippen LogP contribution in [-0.2, 0) is 0 Å². The van der Waals surface area contributed by atoms with Crippen molar-refractivity contribution in [3.63, 3.8) is 0 Å². The van der Waals surface area contributed by atoms with E-state index in [-0.39, 0.29) is 5.91 Å². The predicted molar refractivity (Wildman–Crippen MR) is 112 cm³/mol. The topological polar surface area (TPSA) is 90.7 Å². The summed E-state index contributed by atoms with van der Waals surface area (Å²) in [6.07, 6.45) is 0.915. The summed E-state index contributed by atoms with van der Waals surface area (Å²) in [5.41, 5.74) is 7.48. The molecule has 7 heteroatoms. The number of para-hydroxylation sites is 1. The van der Waals surface area contributed by atoms with Gasteiger partial charge in [0, 0.05) is 49.7 Å². The van der Waals surface area contributed by atoms with Gasteiger partial charge in [0.1, 0.15) is 0 Å². The lowest BCUT2D eigenvalue weighted by atomic mass is 10.2. The molecule has 0 bridgehead atoms. The summed E-state index contributed by atoms with van der Waals surface area (Å²) in [6.45, 7) is 5.75. The van der Waals surface area contributed by atoms with Crippen LogP contribution in [0.4, 0.5) is 16.2 Å². The van der Waals surface area contributed by atoms with E-state index in [4.69, 9.17) is 5.73 Å². The molecular formula is C21H27N5O2. The molecule has 0 spiro atoms. The Kier molecular flexibility index (Phi) is 6.86. The van der Waals surface area contributed by atoms with Gasteiger partial charge in [-0.15, -0.1) is 0 Å². The van der Waals surface area contributed by atoms with Crippen LogP contribution in [0, 0.1) is 0 Å². The summed E-state index contributed by atoms with van der Waals surface area (Å²) in [6, 6.07) is 16.5. The minimum absolute atomic E-state index is 0.112. The van der Waals surface area contributed by atoms with Crippen LogP contribution < -0.4 is 21.3 Å². The molecule has 1 aliphatic heterocycles. The van der Waals surface area contributed by atoms with Crippen molar-refractivity contribution in [2.45, 2.75) is 6.42 Å². The molecule has 0 radical (unpaired) electrons. The van der Waals surface area contributed by atoms with Crippen LogP contribution in [0.5, 0.6) is 0 Å². The Morgan fingerprint density at radius 3 is 2.25 bits per heavy atom. The molecule has 4 N–H and O–H groups in total. The Hall–Kier alpha value is -3.06. The molecule has 3 amide bonds. The largest absolute Gasteiger partial charge is 0.369 e. The van der Waals surface area contributed by atoms with Crippen molar-refractivity contribution in [2.24, 2.45) is 5.73 Å². The van der Waals surface area contributed by atoms with E-state index in [1.165, 1.54) is 5.69 Å². The van der Waals surface area contributed by atoms with Gasteiger partial charge >= 0.3 is 6.03 Å². The minimum Gasteiger partial charge on any atom is -0.369 e. The highest BCUT2D eigenvalue weighted by molar-refractivity contribution is 5.95. The highest BCUT2D eigenvalue weighted by Gasteiger charge is 2.16. The number of piperazine rings is 1. The van der Waals surface area contributed by atoms with Gasteiger partial charge in [0.25, 0.3) is 5.91 Å². The zero-order chi connectivity index (χ0) is 19.8. The van der Waals surface area contributed by atoms with Gasteiger partial charge in [-0.2, -0.15) is 0 Å². The fourth-order valence-corrected chi connectivity index (χ4v) is 3.32. The molecule has 1 aliphatic rings. The first-order valence-corrected chi connectivity index (χ1v) is 9.59. The first kappa shape index (κ1) is 19.7. The van der Waals surface area contributed by atoms with Crippen LogP contribution in [0.15, 0.2) is 54.6 Å². The second-order valence-electron chi connectivity index (χ2n) is 6.84. The molecule has 0 atom stereocenters. The molecule has 1 saturated heterocycles. The summed E-state index contributed by atoms with van der Waals surface area (Å²) in [5, 5.41) is 5.42. The summed E-state index contributed by atoms with van der Waals surface area (Å²) in [7, 11) is 0. The van der Waals surface area contributed by atoms with Crippen LogP contribution in [0.3, 0.4) is 0 Å². The number of carbonyl (C=O) groups excluding carboxylic acids is 2. The maximum absolute atomic E-state index is 12.2. The van der Waals surface area contributed by atoms with Crippen molar-refractivity contribution in [1.82, 2.24) is 10.2 Å². The van der Waals surface area contributed by atoms with Gasteiger partial charge in [0.2, 0.25) is 0 Å².